The van der Waals surface area contributed by atoms with E-state index >= 15 is 0 Å². The number of hydrazone groups is 1. The Bertz CT molecular complexity index is 1320. The number of carbonyl (C=O) groups is 2. The van der Waals surface area contributed by atoms with E-state index in [0.29, 0.717) is 17.1 Å². The highest BCUT2D eigenvalue weighted by Crippen LogP contribution is 2.19. The lowest BCUT2D eigenvalue weighted by molar-refractivity contribution is -0.700. The van der Waals surface area contributed by atoms with Crippen molar-refractivity contribution in [3.63, 3.8) is 0 Å². The molecule has 0 fully saturated rings. The molecule has 3 aromatic carbocycles. The number of fused-ring (bicyclic) bond motifs is 1. The molecule has 0 saturated carbocycles. The highest BCUT2D eigenvalue weighted by atomic mass is 35.5. The molecule has 0 aliphatic rings. The van der Waals surface area contributed by atoms with Crippen LogP contribution in [-0.2, 0) is 11.3 Å². The van der Waals surface area contributed by atoms with Crippen molar-refractivity contribution in [2.24, 2.45) is 5.10 Å². The number of thioether (sulfide) groups is 1. The van der Waals surface area contributed by atoms with Crippen LogP contribution < -0.4 is 9.99 Å². The monoisotopic (exact) mass is 479 g/mol. The quantitative estimate of drug-likeness (QED) is 0.153. The van der Waals surface area contributed by atoms with E-state index in [1.807, 2.05) is 48.5 Å². The fraction of sp³-hybridized carbons (Fsp3) is 0.0833. The van der Waals surface area contributed by atoms with Crippen LogP contribution in [0.5, 0.6) is 0 Å². The van der Waals surface area contributed by atoms with E-state index in [0.717, 1.165) is 21.8 Å². The minimum Gasteiger partial charge on any atom is -0.478 e. The predicted molar refractivity (Wildman–Crippen MR) is 129 cm³/mol. The van der Waals surface area contributed by atoms with Crippen LogP contribution in [0.4, 0.5) is 0 Å². The number of nitrogens with zero attached hydrogens (tertiary/aromatic N) is 2. The van der Waals surface area contributed by atoms with Gasteiger partial charge in [-0.15, -0.1) is 0 Å². The highest BCUT2D eigenvalue weighted by molar-refractivity contribution is 7.99. The van der Waals surface area contributed by atoms with Gasteiger partial charge < -0.3 is 5.11 Å². The summed E-state index contributed by atoms with van der Waals surface area (Å²) in [6, 6.07) is 21.9. The summed E-state index contributed by atoms with van der Waals surface area (Å²) in [5, 5.41) is 14.4. The normalized spacial score (nSPS) is 11.2. The maximum atomic E-state index is 12.3. The third-order valence-corrected chi connectivity index (χ3v) is 6.09. The van der Waals surface area contributed by atoms with Gasteiger partial charge in [0.05, 0.1) is 17.5 Å². The molecule has 1 amide bonds. The molecule has 0 radical (unpaired) electrons. The summed E-state index contributed by atoms with van der Waals surface area (Å²) in [6.45, 7) is 0.635. The molecular weight excluding hydrogens is 460 g/mol. The molecule has 4 rings (SSSR count). The number of rotatable bonds is 8. The molecule has 0 atom stereocenters. The van der Waals surface area contributed by atoms with Crippen molar-refractivity contribution in [2.45, 2.75) is 11.7 Å². The first kappa shape index (κ1) is 22.6. The average molecular weight is 480 g/mol. The maximum absolute atomic E-state index is 12.3. The van der Waals surface area contributed by atoms with Crippen LogP contribution in [0.1, 0.15) is 21.5 Å². The zero-order valence-electron chi connectivity index (χ0n) is 17.4. The Morgan fingerprint density at radius 2 is 1.79 bits per heavy atom. The lowest BCUT2D eigenvalue weighted by atomic mass is 10.1. The molecule has 0 spiro atoms. The van der Waals surface area contributed by atoms with Crippen LogP contribution in [0.25, 0.3) is 11.0 Å². The number of halogens is 1. The number of amides is 1. The second kappa shape index (κ2) is 10.3. The maximum Gasteiger partial charge on any atom is 0.335 e. The first-order valence-corrected chi connectivity index (χ1v) is 11.4. The molecule has 0 aliphatic heterocycles. The number of hydrogen-bond acceptors (Lipinski definition) is 4. The van der Waals surface area contributed by atoms with E-state index in [9.17, 15) is 9.59 Å². The van der Waals surface area contributed by atoms with Crippen molar-refractivity contribution < 1.29 is 19.3 Å². The highest BCUT2D eigenvalue weighted by Gasteiger charge is 2.20. The number of carbonyl (C=O) groups excluding carboxylic acids is 1. The van der Waals surface area contributed by atoms with Crippen molar-refractivity contribution in [1.82, 2.24) is 10.4 Å². The van der Waals surface area contributed by atoms with Crippen molar-refractivity contribution in [2.75, 3.05) is 5.75 Å². The van der Waals surface area contributed by atoms with Crippen LogP contribution >= 0.6 is 23.4 Å². The number of benzene rings is 3. The summed E-state index contributed by atoms with van der Waals surface area (Å²) in [4.78, 5) is 26.6. The van der Waals surface area contributed by atoms with E-state index in [1.165, 1.54) is 30.1 Å². The zero-order valence-corrected chi connectivity index (χ0v) is 18.9. The average Bonchev–Trinajstić information content (AvgIpc) is 3.17. The molecule has 33 heavy (non-hydrogen) atoms. The van der Waals surface area contributed by atoms with Crippen LogP contribution in [0.2, 0.25) is 5.02 Å². The molecule has 4 aromatic rings. The Morgan fingerprint density at radius 3 is 2.52 bits per heavy atom. The standard InChI is InChI=1S/C24H19ClN4O3S/c25-19-11-7-17(8-12-19)14-29-21-4-2-1-3-20(21)27-24(29)33-15-22(30)28-26-13-16-5-9-18(10-6-16)23(31)32/h1-13H,14-15H2,(H2,28,30,31,32)/p+1. The molecule has 3 N–H and O–H groups in total. The zero-order chi connectivity index (χ0) is 23.2. The van der Waals surface area contributed by atoms with Crippen LogP contribution in [-0.4, -0.2) is 33.9 Å². The predicted octanol–water partition coefficient (Wildman–Crippen LogP) is 4.10. The number of aromatic nitrogens is 2. The molecule has 7 nitrogen and oxygen atoms in total. The fourth-order valence-corrected chi connectivity index (χ4v) is 4.17. The molecule has 0 saturated heterocycles. The van der Waals surface area contributed by atoms with Gasteiger partial charge in [0.1, 0.15) is 6.54 Å². The molecule has 1 heterocycles. The van der Waals surface area contributed by atoms with E-state index in [4.69, 9.17) is 16.7 Å². The topological polar surface area (TPSA) is 98.4 Å². The number of aromatic carboxylic acids is 1. The van der Waals surface area contributed by atoms with Gasteiger partial charge in [0.15, 0.2) is 11.0 Å². The summed E-state index contributed by atoms with van der Waals surface area (Å²) in [7, 11) is 0. The lowest BCUT2D eigenvalue weighted by Crippen LogP contribution is -2.36. The summed E-state index contributed by atoms with van der Waals surface area (Å²) in [5.74, 6) is -1.08. The number of nitrogens with one attached hydrogen (secondary N) is 2. The molecule has 0 bridgehead atoms. The number of imidazole rings is 1. The molecule has 166 valence electrons. The Kier molecular flexibility index (Phi) is 7.07. The molecular formula is C24H20ClN4O3S+. The number of carboxylic acid groups (broad SMARTS) is 1. The lowest BCUT2D eigenvalue weighted by Gasteiger charge is -2.03. The van der Waals surface area contributed by atoms with Crippen molar-refractivity contribution in [3.05, 3.63) is 94.5 Å². The summed E-state index contributed by atoms with van der Waals surface area (Å²) < 4.78 is 2.13. The van der Waals surface area contributed by atoms with Gasteiger partial charge >= 0.3 is 11.1 Å². The van der Waals surface area contributed by atoms with Gasteiger partial charge in [-0.25, -0.2) is 19.8 Å². The Hall–Kier alpha value is -3.62. The van der Waals surface area contributed by atoms with Crippen LogP contribution in [0, 0.1) is 0 Å². The molecule has 0 aliphatic carbocycles. The Balaban J connectivity index is 1.41. The summed E-state index contributed by atoms with van der Waals surface area (Å²) >= 11 is 7.39. The van der Waals surface area contributed by atoms with Gasteiger partial charge in [-0.1, -0.05) is 48.0 Å². The van der Waals surface area contributed by atoms with Gasteiger partial charge in [-0.2, -0.15) is 5.10 Å². The second-order valence-corrected chi connectivity index (χ2v) is 8.57. The van der Waals surface area contributed by atoms with Crippen molar-refractivity contribution >= 4 is 52.5 Å². The Morgan fingerprint density at radius 1 is 1.06 bits per heavy atom. The second-order valence-electron chi connectivity index (χ2n) is 7.17. The summed E-state index contributed by atoms with van der Waals surface area (Å²) in [6.07, 6.45) is 1.47. The number of H-pyrrole nitrogens is 1. The molecule has 9 heteroatoms. The largest absolute Gasteiger partial charge is 0.478 e. The van der Waals surface area contributed by atoms with Crippen LogP contribution in [0.3, 0.4) is 0 Å². The minimum atomic E-state index is -0.992. The number of carboxylic acids is 1. The van der Waals surface area contributed by atoms with Crippen molar-refractivity contribution in [1.29, 1.82) is 0 Å². The van der Waals surface area contributed by atoms with E-state index in [-0.39, 0.29) is 17.2 Å². The van der Waals surface area contributed by atoms with E-state index < -0.39 is 5.97 Å². The third kappa shape index (κ3) is 5.79. The first-order chi connectivity index (χ1) is 16.0. The number of hydrogen-bond donors (Lipinski definition) is 3. The molecule has 0 unspecified atom stereocenters. The SMILES string of the molecule is O=C(CSc1[nH]c2ccccc2[n+]1Cc1ccc(Cl)cc1)NN=Cc1ccc(C(=O)O)cc1. The number of para-hydroxylation sites is 2. The minimum absolute atomic E-state index is 0.169. The fourth-order valence-electron chi connectivity index (χ4n) is 3.21. The van der Waals surface area contributed by atoms with Gasteiger partial charge in [-0.05, 0) is 59.3 Å². The third-order valence-electron chi connectivity index (χ3n) is 4.84. The van der Waals surface area contributed by atoms with Gasteiger partial charge in [0.2, 0.25) is 0 Å². The van der Waals surface area contributed by atoms with E-state index in [2.05, 4.69) is 20.1 Å². The summed E-state index contributed by atoms with van der Waals surface area (Å²) in [5.41, 5.74) is 6.50. The van der Waals surface area contributed by atoms with Crippen molar-refractivity contribution in [3.8, 4) is 0 Å². The van der Waals surface area contributed by atoms with Gasteiger partial charge in [-0.3, -0.25) is 4.79 Å². The number of aromatic amines is 1. The molecule has 1 aromatic heterocycles. The van der Waals surface area contributed by atoms with Gasteiger partial charge in [0.25, 0.3) is 5.91 Å². The smallest absolute Gasteiger partial charge is 0.335 e. The first-order valence-electron chi connectivity index (χ1n) is 10.0. The van der Waals surface area contributed by atoms with Crippen LogP contribution in [0.15, 0.2) is 83.1 Å². The Labute approximate surface area is 199 Å². The van der Waals surface area contributed by atoms with E-state index in [1.54, 1.807) is 12.1 Å². The van der Waals surface area contributed by atoms with Gasteiger partial charge in [0, 0.05) is 5.02 Å².